The van der Waals surface area contributed by atoms with E-state index in [9.17, 15) is 27.6 Å². The van der Waals surface area contributed by atoms with Crippen molar-refractivity contribution < 1.29 is 32.3 Å². The molecular formula is C19H16F3N3O4S. The number of carbonyl (C=O) groups is 3. The fourth-order valence-electron chi connectivity index (χ4n) is 2.76. The SMILES string of the molecule is Cc1nc(/C=C/C(=O)OC(C)C(=O)N2CC(=O)Nc3cc(C(F)(F)F)ccc32)cs1. The largest absolute Gasteiger partial charge is 0.449 e. The Morgan fingerprint density at radius 3 is 2.73 bits per heavy atom. The van der Waals surface area contributed by atoms with E-state index in [0.717, 1.165) is 34.2 Å². The predicted molar refractivity (Wildman–Crippen MR) is 104 cm³/mol. The molecule has 0 spiro atoms. The maximum atomic E-state index is 12.9. The summed E-state index contributed by atoms with van der Waals surface area (Å²) in [6, 6.07) is 2.66. The number of rotatable bonds is 4. The number of anilines is 2. The molecule has 1 N–H and O–H groups in total. The Kier molecular flexibility index (Phi) is 5.92. The number of esters is 1. The van der Waals surface area contributed by atoms with Gasteiger partial charge in [0, 0.05) is 11.5 Å². The molecule has 0 radical (unpaired) electrons. The van der Waals surface area contributed by atoms with Gasteiger partial charge in [-0.3, -0.25) is 14.5 Å². The highest BCUT2D eigenvalue weighted by Crippen LogP contribution is 2.37. The van der Waals surface area contributed by atoms with E-state index in [4.69, 9.17) is 4.74 Å². The van der Waals surface area contributed by atoms with Crippen LogP contribution >= 0.6 is 11.3 Å². The van der Waals surface area contributed by atoms with Crippen LogP contribution in [0.5, 0.6) is 0 Å². The number of aromatic nitrogens is 1. The fourth-order valence-corrected chi connectivity index (χ4v) is 3.34. The van der Waals surface area contributed by atoms with Crippen LogP contribution in [0.1, 0.15) is 23.2 Å². The Labute approximate surface area is 173 Å². The number of alkyl halides is 3. The summed E-state index contributed by atoms with van der Waals surface area (Å²) in [6.07, 6.45) is -3.31. The zero-order valence-electron chi connectivity index (χ0n) is 15.8. The van der Waals surface area contributed by atoms with Crippen LogP contribution < -0.4 is 10.2 Å². The van der Waals surface area contributed by atoms with Crippen molar-refractivity contribution in [3.8, 4) is 0 Å². The lowest BCUT2D eigenvalue weighted by molar-refractivity contribution is -0.149. The number of hydrogen-bond donors (Lipinski definition) is 1. The lowest BCUT2D eigenvalue weighted by atomic mass is 10.1. The van der Waals surface area contributed by atoms with Gasteiger partial charge in [0.05, 0.1) is 27.6 Å². The zero-order valence-corrected chi connectivity index (χ0v) is 16.6. The maximum Gasteiger partial charge on any atom is 0.416 e. The summed E-state index contributed by atoms with van der Waals surface area (Å²) in [7, 11) is 0. The molecule has 30 heavy (non-hydrogen) atoms. The van der Waals surface area contributed by atoms with Gasteiger partial charge in [0.1, 0.15) is 6.54 Å². The van der Waals surface area contributed by atoms with Crippen LogP contribution in [0.15, 0.2) is 29.7 Å². The van der Waals surface area contributed by atoms with E-state index in [-0.39, 0.29) is 11.4 Å². The van der Waals surface area contributed by atoms with Crippen LogP contribution in [0, 0.1) is 6.92 Å². The lowest BCUT2D eigenvalue weighted by Gasteiger charge is -2.31. The number of aryl methyl sites for hydroxylation is 1. The van der Waals surface area contributed by atoms with Crippen molar-refractivity contribution in [2.45, 2.75) is 26.1 Å². The smallest absolute Gasteiger partial charge is 0.416 e. The summed E-state index contributed by atoms with van der Waals surface area (Å²) < 4.78 is 43.8. The summed E-state index contributed by atoms with van der Waals surface area (Å²) >= 11 is 1.41. The second-order valence-corrected chi connectivity index (χ2v) is 7.47. The van der Waals surface area contributed by atoms with E-state index in [2.05, 4.69) is 10.3 Å². The summed E-state index contributed by atoms with van der Waals surface area (Å²) in [6.45, 7) is 2.72. The minimum absolute atomic E-state index is 0.0870. The van der Waals surface area contributed by atoms with Gasteiger partial charge < -0.3 is 10.1 Å². The van der Waals surface area contributed by atoms with E-state index in [0.29, 0.717) is 5.69 Å². The number of benzene rings is 1. The molecule has 2 heterocycles. The first-order chi connectivity index (χ1) is 14.0. The molecule has 2 amide bonds. The molecule has 1 aromatic carbocycles. The lowest BCUT2D eigenvalue weighted by Crippen LogP contribution is -2.47. The third-order valence-electron chi connectivity index (χ3n) is 4.12. The molecule has 0 fully saturated rings. The number of hydrogen-bond acceptors (Lipinski definition) is 6. The number of amides is 2. The van der Waals surface area contributed by atoms with Gasteiger partial charge in [0.25, 0.3) is 5.91 Å². The Morgan fingerprint density at radius 2 is 2.10 bits per heavy atom. The highest BCUT2D eigenvalue weighted by atomic mass is 32.1. The van der Waals surface area contributed by atoms with E-state index in [1.54, 1.807) is 5.38 Å². The van der Waals surface area contributed by atoms with Crippen molar-refractivity contribution in [2.24, 2.45) is 0 Å². The minimum Gasteiger partial charge on any atom is -0.449 e. The molecule has 1 unspecified atom stereocenters. The van der Waals surface area contributed by atoms with Gasteiger partial charge in [0.2, 0.25) is 5.91 Å². The Morgan fingerprint density at radius 1 is 1.37 bits per heavy atom. The molecule has 2 aromatic rings. The molecule has 0 bridgehead atoms. The van der Waals surface area contributed by atoms with E-state index >= 15 is 0 Å². The normalized spacial score (nSPS) is 15.0. The summed E-state index contributed by atoms with van der Waals surface area (Å²) in [5, 5.41) is 4.88. The number of ether oxygens (including phenoxy) is 1. The number of halogens is 3. The van der Waals surface area contributed by atoms with Crippen LogP contribution in [0.2, 0.25) is 0 Å². The third-order valence-corrected chi connectivity index (χ3v) is 4.92. The first-order valence-electron chi connectivity index (χ1n) is 8.68. The van der Waals surface area contributed by atoms with Gasteiger partial charge >= 0.3 is 12.1 Å². The average molecular weight is 439 g/mol. The Bertz CT molecular complexity index is 1030. The summed E-state index contributed by atoms with van der Waals surface area (Å²) in [4.78, 5) is 41.7. The molecule has 11 heteroatoms. The number of carbonyl (C=O) groups excluding carboxylic acids is 3. The monoisotopic (exact) mass is 439 g/mol. The molecule has 3 rings (SSSR count). The van der Waals surface area contributed by atoms with Gasteiger partial charge in [-0.25, -0.2) is 9.78 Å². The predicted octanol–water partition coefficient (Wildman–Crippen LogP) is 3.40. The summed E-state index contributed by atoms with van der Waals surface area (Å²) in [5.74, 6) is -2.19. The van der Waals surface area contributed by atoms with Gasteiger partial charge in [-0.05, 0) is 38.1 Å². The molecule has 158 valence electrons. The van der Waals surface area contributed by atoms with Crippen molar-refractivity contribution in [2.75, 3.05) is 16.8 Å². The van der Waals surface area contributed by atoms with E-state index in [1.165, 1.54) is 24.3 Å². The number of fused-ring (bicyclic) bond motifs is 1. The Hall–Kier alpha value is -3.21. The molecule has 0 saturated carbocycles. The molecule has 0 saturated heterocycles. The second kappa shape index (κ2) is 8.27. The molecule has 1 aromatic heterocycles. The highest BCUT2D eigenvalue weighted by molar-refractivity contribution is 7.09. The van der Waals surface area contributed by atoms with Gasteiger partial charge in [0.15, 0.2) is 6.10 Å². The van der Waals surface area contributed by atoms with Crippen molar-refractivity contribution in [3.05, 3.63) is 45.9 Å². The van der Waals surface area contributed by atoms with Crippen LogP contribution in [-0.2, 0) is 25.3 Å². The molecule has 1 aliphatic rings. The van der Waals surface area contributed by atoms with Crippen molar-refractivity contribution in [3.63, 3.8) is 0 Å². The van der Waals surface area contributed by atoms with Gasteiger partial charge in [-0.1, -0.05) is 0 Å². The number of nitrogens with one attached hydrogen (secondary N) is 1. The van der Waals surface area contributed by atoms with Crippen LogP contribution in [0.25, 0.3) is 6.08 Å². The van der Waals surface area contributed by atoms with Crippen molar-refractivity contribution >= 4 is 46.6 Å². The fraction of sp³-hybridized carbons (Fsp3) is 0.263. The van der Waals surface area contributed by atoms with Crippen LogP contribution in [0.3, 0.4) is 0 Å². The van der Waals surface area contributed by atoms with Crippen LogP contribution in [-0.4, -0.2) is 35.4 Å². The zero-order chi connectivity index (χ0) is 22.1. The molecule has 0 aliphatic carbocycles. The first-order valence-corrected chi connectivity index (χ1v) is 9.56. The van der Waals surface area contributed by atoms with E-state index in [1.807, 2.05) is 6.92 Å². The van der Waals surface area contributed by atoms with Crippen molar-refractivity contribution in [1.82, 2.24) is 4.98 Å². The molecular weight excluding hydrogens is 423 g/mol. The second-order valence-electron chi connectivity index (χ2n) is 6.41. The minimum atomic E-state index is -4.60. The quantitative estimate of drug-likeness (QED) is 0.583. The number of nitrogens with zero attached hydrogens (tertiary/aromatic N) is 2. The highest BCUT2D eigenvalue weighted by Gasteiger charge is 2.35. The molecule has 7 nitrogen and oxygen atoms in total. The van der Waals surface area contributed by atoms with Crippen molar-refractivity contribution in [1.29, 1.82) is 0 Å². The molecule has 1 aliphatic heterocycles. The van der Waals surface area contributed by atoms with Gasteiger partial charge in [-0.15, -0.1) is 11.3 Å². The average Bonchev–Trinajstić information content (AvgIpc) is 3.09. The third kappa shape index (κ3) is 4.85. The molecule has 1 atom stereocenters. The van der Waals surface area contributed by atoms with Crippen LogP contribution in [0.4, 0.5) is 24.5 Å². The standard InChI is InChI=1S/C19H16F3N3O4S/c1-10(29-17(27)6-4-13-9-30-11(2)23-13)18(28)25-8-16(26)24-14-7-12(19(20,21)22)3-5-15(14)25/h3-7,9-10H,8H2,1-2H3,(H,24,26)/b6-4+. The Balaban J connectivity index is 1.74. The number of thiazole rings is 1. The topological polar surface area (TPSA) is 88.6 Å². The first kappa shape index (κ1) is 21.5. The maximum absolute atomic E-state index is 12.9. The summed E-state index contributed by atoms with van der Waals surface area (Å²) in [5.41, 5.74) is -0.455. The van der Waals surface area contributed by atoms with E-state index < -0.39 is 42.2 Å². The van der Waals surface area contributed by atoms with Gasteiger partial charge in [-0.2, -0.15) is 13.2 Å².